The maximum atomic E-state index is 12.3. The molecule has 0 saturated carbocycles. The first-order chi connectivity index (χ1) is 13.0. The number of hydrogen-bond donors (Lipinski definition) is 1. The minimum Gasteiger partial charge on any atom is -0.493 e. The average Bonchev–Trinajstić information content (AvgIpc) is 3.23. The number of carbonyl (C=O) groups is 3. The molecule has 2 rings (SSSR count). The molecule has 1 amide bonds. The summed E-state index contributed by atoms with van der Waals surface area (Å²) in [5, 5.41) is 4.18. The maximum Gasteiger partial charge on any atom is 0.325 e. The average molecular weight is 393 g/mol. The van der Waals surface area contributed by atoms with Crippen LogP contribution in [0.3, 0.4) is 0 Å². The number of ketones is 1. The summed E-state index contributed by atoms with van der Waals surface area (Å²) in [7, 11) is 4.31. The fourth-order valence-electron chi connectivity index (χ4n) is 2.17. The van der Waals surface area contributed by atoms with Crippen molar-refractivity contribution < 1.29 is 33.3 Å². The molecule has 0 unspecified atom stereocenters. The van der Waals surface area contributed by atoms with Crippen LogP contribution in [-0.2, 0) is 9.53 Å². The highest BCUT2D eigenvalue weighted by Gasteiger charge is 2.18. The molecule has 0 aliphatic rings. The van der Waals surface area contributed by atoms with Gasteiger partial charge in [-0.25, -0.2) is 0 Å². The van der Waals surface area contributed by atoms with Gasteiger partial charge in [-0.15, -0.1) is 11.3 Å². The molecule has 0 atom stereocenters. The normalized spacial score (nSPS) is 10.0. The number of carbonyl (C=O) groups excluding carboxylic acids is 3. The summed E-state index contributed by atoms with van der Waals surface area (Å²) in [6.07, 6.45) is 0. The Bertz CT molecular complexity index is 792. The van der Waals surface area contributed by atoms with Crippen LogP contribution in [0.5, 0.6) is 17.2 Å². The first-order valence-electron chi connectivity index (χ1n) is 7.80. The standard InChI is InChI=1S/C18H19NO7S/c1-23-13-7-11(8-14(24-2)17(13)25-3)18(22)19-9-16(21)26-10-12(20)15-5-4-6-27-15/h4-8H,9-10H2,1-3H3,(H,19,22). The molecule has 8 nitrogen and oxygen atoms in total. The van der Waals surface area contributed by atoms with Crippen molar-refractivity contribution in [2.45, 2.75) is 0 Å². The molecule has 1 aromatic heterocycles. The van der Waals surface area contributed by atoms with E-state index in [1.54, 1.807) is 17.5 Å². The van der Waals surface area contributed by atoms with E-state index in [0.717, 1.165) is 0 Å². The van der Waals surface area contributed by atoms with Crippen molar-refractivity contribution >= 4 is 29.0 Å². The van der Waals surface area contributed by atoms with Crippen LogP contribution in [0.1, 0.15) is 20.0 Å². The second kappa shape index (κ2) is 9.58. The van der Waals surface area contributed by atoms with Crippen LogP contribution < -0.4 is 19.5 Å². The molecule has 144 valence electrons. The van der Waals surface area contributed by atoms with Gasteiger partial charge in [0.15, 0.2) is 18.1 Å². The van der Waals surface area contributed by atoms with Gasteiger partial charge in [0, 0.05) is 5.56 Å². The molecule has 0 spiro atoms. The van der Waals surface area contributed by atoms with Gasteiger partial charge in [-0.05, 0) is 23.6 Å². The predicted octanol–water partition coefficient (Wildman–Crippen LogP) is 1.93. The minimum absolute atomic E-state index is 0.215. The van der Waals surface area contributed by atoms with Gasteiger partial charge in [0.25, 0.3) is 5.91 Å². The Morgan fingerprint density at radius 1 is 1.04 bits per heavy atom. The zero-order valence-corrected chi connectivity index (χ0v) is 15.9. The molecule has 0 saturated heterocycles. The van der Waals surface area contributed by atoms with Crippen molar-refractivity contribution in [2.75, 3.05) is 34.5 Å². The van der Waals surface area contributed by atoms with Gasteiger partial charge in [-0.1, -0.05) is 6.07 Å². The summed E-state index contributed by atoms with van der Waals surface area (Å²) in [5.74, 6) is -0.578. The van der Waals surface area contributed by atoms with Crippen molar-refractivity contribution in [1.82, 2.24) is 5.32 Å². The number of thiophene rings is 1. The van der Waals surface area contributed by atoms with Gasteiger partial charge in [0.05, 0.1) is 26.2 Å². The van der Waals surface area contributed by atoms with E-state index < -0.39 is 11.9 Å². The van der Waals surface area contributed by atoms with Crippen LogP contribution in [0.2, 0.25) is 0 Å². The fourth-order valence-corrected chi connectivity index (χ4v) is 2.82. The molecule has 0 aliphatic heterocycles. The zero-order valence-electron chi connectivity index (χ0n) is 15.1. The van der Waals surface area contributed by atoms with Crippen LogP contribution in [0.15, 0.2) is 29.6 Å². The van der Waals surface area contributed by atoms with E-state index in [2.05, 4.69) is 5.32 Å². The molecule has 0 fully saturated rings. The molecule has 0 bridgehead atoms. The van der Waals surface area contributed by atoms with Gasteiger partial charge >= 0.3 is 5.97 Å². The van der Waals surface area contributed by atoms with Crippen molar-refractivity contribution in [2.24, 2.45) is 0 Å². The number of methoxy groups -OCH3 is 3. The summed E-state index contributed by atoms with van der Waals surface area (Å²) in [5.41, 5.74) is 0.215. The van der Waals surface area contributed by atoms with Crippen molar-refractivity contribution in [3.8, 4) is 17.2 Å². The van der Waals surface area contributed by atoms with Crippen molar-refractivity contribution in [3.63, 3.8) is 0 Å². The van der Waals surface area contributed by atoms with E-state index in [0.29, 0.717) is 22.1 Å². The van der Waals surface area contributed by atoms with Crippen LogP contribution in [0.4, 0.5) is 0 Å². The summed E-state index contributed by atoms with van der Waals surface area (Å²) in [6.45, 7) is -0.757. The smallest absolute Gasteiger partial charge is 0.325 e. The van der Waals surface area contributed by atoms with Crippen LogP contribution in [0.25, 0.3) is 0 Å². The monoisotopic (exact) mass is 393 g/mol. The maximum absolute atomic E-state index is 12.3. The summed E-state index contributed by atoms with van der Waals surface area (Å²) < 4.78 is 20.4. The molecule has 0 radical (unpaired) electrons. The summed E-state index contributed by atoms with van der Waals surface area (Å²) in [4.78, 5) is 36.3. The highest BCUT2D eigenvalue weighted by molar-refractivity contribution is 7.12. The molecule has 0 aliphatic carbocycles. The molecule has 9 heteroatoms. The highest BCUT2D eigenvalue weighted by atomic mass is 32.1. The number of nitrogens with one attached hydrogen (secondary N) is 1. The topological polar surface area (TPSA) is 100 Å². The first kappa shape index (κ1) is 20.2. The predicted molar refractivity (Wildman–Crippen MR) is 98.0 cm³/mol. The Balaban J connectivity index is 1.93. The molecule has 1 aromatic carbocycles. The van der Waals surface area contributed by atoms with E-state index in [1.807, 2.05) is 0 Å². The van der Waals surface area contributed by atoms with E-state index >= 15 is 0 Å². The number of hydrogen-bond acceptors (Lipinski definition) is 8. The number of Topliss-reactive ketones (excluding diaryl/α,β-unsaturated/α-hetero) is 1. The quantitative estimate of drug-likeness (QED) is 0.513. The van der Waals surface area contributed by atoms with Gasteiger partial charge < -0.3 is 24.3 Å². The SMILES string of the molecule is COc1cc(C(=O)NCC(=O)OCC(=O)c2cccs2)cc(OC)c1OC. The van der Waals surface area contributed by atoms with Gasteiger partial charge in [-0.3, -0.25) is 14.4 Å². The lowest BCUT2D eigenvalue weighted by Gasteiger charge is -2.14. The Hall–Kier alpha value is -3.07. The van der Waals surface area contributed by atoms with Crippen LogP contribution in [0, 0.1) is 0 Å². The first-order valence-corrected chi connectivity index (χ1v) is 8.68. The van der Waals surface area contributed by atoms with Gasteiger partial charge in [-0.2, -0.15) is 0 Å². The Kier molecular flexibility index (Phi) is 7.18. The van der Waals surface area contributed by atoms with Gasteiger partial charge in [0.1, 0.15) is 6.54 Å². The molecule has 27 heavy (non-hydrogen) atoms. The lowest BCUT2D eigenvalue weighted by molar-refractivity contribution is -0.141. The second-order valence-electron chi connectivity index (χ2n) is 5.16. The number of esters is 1. The molecular weight excluding hydrogens is 374 g/mol. The number of rotatable bonds is 9. The van der Waals surface area contributed by atoms with E-state index in [-0.39, 0.29) is 24.5 Å². The molecule has 1 heterocycles. The van der Waals surface area contributed by atoms with Crippen LogP contribution in [-0.4, -0.2) is 52.1 Å². The Morgan fingerprint density at radius 3 is 2.22 bits per heavy atom. The minimum atomic E-state index is -0.722. The molecular formula is C18H19NO7S. The molecule has 1 N–H and O–H groups in total. The van der Waals surface area contributed by atoms with E-state index in [1.165, 1.54) is 44.8 Å². The van der Waals surface area contributed by atoms with E-state index in [9.17, 15) is 14.4 Å². The Labute approximate surface area is 160 Å². The lowest BCUT2D eigenvalue weighted by atomic mass is 10.1. The third-order valence-electron chi connectivity index (χ3n) is 3.48. The number of amides is 1. The van der Waals surface area contributed by atoms with Crippen LogP contribution >= 0.6 is 11.3 Å². The Morgan fingerprint density at radius 2 is 1.70 bits per heavy atom. The number of benzene rings is 1. The van der Waals surface area contributed by atoms with Gasteiger partial charge in [0.2, 0.25) is 11.5 Å². The summed E-state index contributed by atoms with van der Waals surface area (Å²) >= 11 is 1.26. The van der Waals surface area contributed by atoms with Crippen molar-refractivity contribution in [1.29, 1.82) is 0 Å². The third-order valence-corrected chi connectivity index (χ3v) is 4.39. The zero-order chi connectivity index (χ0) is 19.8. The highest BCUT2D eigenvalue weighted by Crippen LogP contribution is 2.38. The fraction of sp³-hybridized carbons (Fsp3) is 0.278. The third kappa shape index (κ3) is 5.20. The summed E-state index contributed by atoms with van der Waals surface area (Å²) in [6, 6.07) is 6.30. The lowest BCUT2D eigenvalue weighted by Crippen LogP contribution is -2.31. The second-order valence-corrected chi connectivity index (χ2v) is 6.11. The largest absolute Gasteiger partial charge is 0.493 e. The van der Waals surface area contributed by atoms with E-state index in [4.69, 9.17) is 18.9 Å². The van der Waals surface area contributed by atoms with Crippen molar-refractivity contribution in [3.05, 3.63) is 40.1 Å². The molecule has 2 aromatic rings. The number of ether oxygens (including phenoxy) is 4.